The minimum Gasteiger partial charge on any atom is -0.467 e. The first-order valence-electron chi connectivity index (χ1n) is 7.49. The summed E-state index contributed by atoms with van der Waals surface area (Å²) in [5.74, 6) is -0.550. The Labute approximate surface area is 137 Å². The largest absolute Gasteiger partial charge is 0.467 e. The minimum atomic E-state index is -0.872. The number of carbonyl (C=O) groups is 2. The number of rotatable bonds is 5. The number of hydrogen-bond acceptors (Lipinski definition) is 4. The molecule has 2 amide bonds. The van der Waals surface area contributed by atoms with E-state index in [0.717, 1.165) is 16.8 Å². The zero-order valence-corrected chi connectivity index (χ0v) is 14.6. The van der Waals surface area contributed by atoms with Crippen LogP contribution in [0.15, 0.2) is 18.2 Å². The van der Waals surface area contributed by atoms with E-state index in [2.05, 4.69) is 10.6 Å². The number of esters is 1. The van der Waals surface area contributed by atoms with Gasteiger partial charge in [-0.05, 0) is 45.7 Å². The second-order valence-electron chi connectivity index (χ2n) is 6.36. The Balaban J connectivity index is 2.75. The molecule has 0 saturated carbocycles. The SMILES string of the molecule is COC(=O)C(COC(C)(C)C)NC(=O)Nc1c(C)cccc1C. The van der Waals surface area contributed by atoms with Crippen LogP contribution in [0.5, 0.6) is 0 Å². The molecule has 6 heteroatoms. The van der Waals surface area contributed by atoms with Crippen LogP contribution >= 0.6 is 0 Å². The van der Waals surface area contributed by atoms with Crippen molar-refractivity contribution in [2.75, 3.05) is 19.0 Å². The Morgan fingerprint density at radius 3 is 2.22 bits per heavy atom. The molecule has 0 saturated heterocycles. The van der Waals surface area contributed by atoms with Gasteiger partial charge in [0.1, 0.15) is 0 Å². The lowest BCUT2D eigenvalue weighted by Gasteiger charge is -2.24. The van der Waals surface area contributed by atoms with Gasteiger partial charge in [0, 0.05) is 5.69 Å². The van der Waals surface area contributed by atoms with Gasteiger partial charge in [-0.3, -0.25) is 0 Å². The van der Waals surface area contributed by atoms with E-state index in [1.165, 1.54) is 7.11 Å². The topological polar surface area (TPSA) is 76.7 Å². The zero-order chi connectivity index (χ0) is 17.6. The van der Waals surface area contributed by atoms with Crippen molar-refractivity contribution in [2.24, 2.45) is 0 Å². The number of amides is 2. The summed E-state index contributed by atoms with van der Waals surface area (Å²) in [6, 6.07) is 4.38. The normalized spacial score (nSPS) is 12.4. The molecule has 6 nitrogen and oxygen atoms in total. The van der Waals surface area contributed by atoms with Crippen molar-refractivity contribution in [3.8, 4) is 0 Å². The number of aryl methyl sites for hydroxylation is 2. The Bertz CT molecular complexity index is 544. The number of carbonyl (C=O) groups excluding carboxylic acids is 2. The zero-order valence-electron chi connectivity index (χ0n) is 14.6. The van der Waals surface area contributed by atoms with Crippen molar-refractivity contribution in [2.45, 2.75) is 46.3 Å². The monoisotopic (exact) mass is 322 g/mol. The summed E-state index contributed by atoms with van der Waals surface area (Å²) >= 11 is 0. The van der Waals surface area contributed by atoms with E-state index in [0.29, 0.717) is 0 Å². The summed E-state index contributed by atoms with van der Waals surface area (Å²) in [6.45, 7) is 9.47. The molecular formula is C17H26N2O4. The highest BCUT2D eigenvalue weighted by Gasteiger charge is 2.24. The van der Waals surface area contributed by atoms with Crippen LogP contribution in [0.2, 0.25) is 0 Å². The molecule has 0 spiro atoms. The van der Waals surface area contributed by atoms with E-state index in [9.17, 15) is 9.59 Å². The molecule has 0 bridgehead atoms. The first-order valence-corrected chi connectivity index (χ1v) is 7.49. The lowest BCUT2D eigenvalue weighted by atomic mass is 10.1. The summed E-state index contributed by atoms with van der Waals surface area (Å²) < 4.78 is 10.3. The highest BCUT2D eigenvalue weighted by atomic mass is 16.5. The average Bonchev–Trinajstić information content (AvgIpc) is 2.45. The maximum Gasteiger partial charge on any atom is 0.330 e. The third-order valence-electron chi connectivity index (χ3n) is 3.19. The van der Waals surface area contributed by atoms with Crippen LogP contribution in [0.25, 0.3) is 0 Å². The third-order valence-corrected chi connectivity index (χ3v) is 3.19. The van der Waals surface area contributed by atoms with Gasteiger partial charge < -0.3 is 20.1 Å². The van der Waals surface area contributed by atoms with Crippen molar-refractivity contribution in [1.29, 1.82) is 0 Å². The van der Waals surface area contributed by atoms with E-state index in [-0.39, 0.29) is 6.61 Å². The summed E-state index contributed by atoms with van der Waals surface area (Å²) in [5, 5.41) is 5.37. The molecule has 1 aromatic rings. The lowest BCUT2D eigenvalue weighted by molar-refractivity contribution is -0.145. The van der Waals surface area contributed by atoms with Gasteiger partial charge in [-0.25, -0.2) is 9.59 Å². The van der Waals surface area contributed by atoms with E-state index in [4.69, 9.17) is 9.47 Å². The van der Waals surface area contributed by atoms with Crippen molar-refractivity contribution >= 4 is 17.7 Å². The molecule has 1 rings (SSSR count). The van der Waals surface area contributed by atoms with Gasteiger partial charge in [-0.15, -0.1) is 0 Å². The summed E-state index contributed by atoms with van der Waals surface area (Å²) in [4.78, 5) is 24.0. The van der Waals surface area contributed by atoms with Crippen LogP contribution < -0.4 is 10.6 Å². The van der Waals surface area contributed by atoms with Gasteiger partial charge >= 0.3 is 12.0 Å². The van der Waals surface area contributed by atoms with Crippen LogP contribution in [-0.4, -0.2) is 37.4 Å². The molecule has 0 heterocycles. The van der Waals surface area contributed by atoms with Gasteiger partial charge in [0.15, 0.2) is 6.04 Å². The molecule has 23 heavy (non-hydrogen) atoms. The van der Waals surface area contributed by atoms with Crippen molar-refractivity contribution < 1.29 is 19.1 Å². The predicted molar refractivity (Wildman–Crippen MR) is 89.6 cm³/mol. The van der Waals surface area contributed by atoms with Gasteiger partial charge in [0.2, 0.25) is 0 Å². The maximum absolute atomic E-state index is 12.2. The molecule has 0 aliphatic heterocycles. The fourth-order valence-electron chi connectivity index (χ4n) is 1.96. The van der Waals surface area contributed by atoms with Crippen LogP contribution in [0.1, 0.15) is 31.9 Å². The number of nitrogens with one attached hydrogen (secondary N) is 2. The number of methoxy groups -OCH3 is 1. The van der Waals surface area contributed by atoms with E-state index in [1.807, 2.05) is 52.8 Å². The Morgan fingerprint density at radius 1 is 1.17 bits per heavy atom. The number of benzene rings is 1. The average molecular weight is 322 g/mol. The molecule has 1 unspecified atom stereocenters. The molecule has 2 N–H and O–H groups in total. The highest BCUT2D eigenvalue weighted by Crippen LogP contribution is 2.19. The fraction of sp³-hybridized carbons (Fsp3) is 0.529. The standard InChI is InChI=1S/C17H26N2O4/c1-11-8-7-9-12(2)14(11)19-16(21)18-13(15(20)22-6)10-23-17(3,4)5/h7-9,13H,10H2,1-6H3,(H2,18,19,21). The molecule has 0 aliphatic rings. The van der Waals surface area contributed by atoms with Crippen LogP contribution in [-0.2, 0) is 14.3 Å². The number of hydrogen-bond donors (Lipinski definition) is 2. The molecule has 0 fully saturated rings. The highest BCUT2D eigenvalue weighted by molar-refractivity contribution is 5.93. The Morgan fingerprint density at radius 2 is 1.74 bits per heavy atom. The second-order valence-corrected chi connectivity index (χ2v) is 6.36. The second kappa shape index (κ2) is 7.97. The summed E-state index contributed by atoms with van der Waals surface area (Å²) in [6.07, 6.45) is 0. The van der Waals surface area contributed by atoms with Crippen LogP contribution in [0, 0.1) is 13.8 Å². The maximum atomic E-state index is 12.2. The minimum absolute atomic E-state index is 0.0380. The fourth-order valence-corrected chi connectivity index (χ4v) is 1.96. The lowest BCUT2D eigenvalue weighted by Crippen LogP contribution is -2.47. The summed E-state index contributed by atoms with van der Waals surface area (Å²) in [5.41, 5.74) is 2.20. The first kappa shape index (κ1) is 19.0. The molecule has 1 aromatic carbocycles. The predicted octanol–water partition coefficient (Wildman–Crippen LogP) is 2.78. The Hall–Kier alpha value is -2.08. The smallest absolute Gasteiger partial charge is 0.330 e. The quantitative estimate of drug-likeness (QED) is 0.817. The van der Waals surface area contributed by atoms with Crippen molar-refractivity contribution in [3.63, 3.8) is 0 Å². The van der Waals surface area contributed by atoms with Gasteiger partial charge in [0.05, 0.1) is 19.3 Å². The van der Waals surface area contributed by atoms with Gasteiger partial charge in [0.25, 0.3) is 0 Å². The van der Waals surface area contributed by atoms with E-state index in [1.54, 1.807) is 0 Å². The van der Waals surface area contributed by atoms with Crippen LogP contribution in [0.3, 0.4) is 0 Å². The molecule has 0 aromatic heterocycles. The third kappa shape index (κ3) is 6.28. The molecule has 1 atom stereocenters. The Kier molecular flexibility index (Phi) is 6.57. The number of ether oxygens (including phenoxy) is 2. The van der Waals surface area contributed by atoms with Crippen molar-refractivity contribution in [3.05, 3.63) is 29.3 Å². The van der Waals surface area contributed by atoms with Gasteiger partial charge in [-0.1, -0.05) is 18.2 Å². The van der Waals surface area contributed by atoms with Crippen molar-refractivity contribution in [1.82, 2.24) is 5.32 Å². The summed E-state index contributed by atoms with van der Waals surface area (Å²) in [7, 11) is 1.28. The number of para-hydroxylation sites is 1. The van der Waals surface area contributed by atoms with Crippen LogP contribution in [0.4, 0.5) is 10.5 Å². The van der Waals surface area contributed by atoms with E-state index < -0.39 is 23.6 Å². The first-order chi connectivity index (χ1) is 10.6. The molecular weight excluding hydrogens is 296 g/mol. The number of anilines is 1. The molecule has 0 aliphatic carbocycles. The molecule has 0 radical (unpaired) electrons. The van der Waals surface area contributed by atoms with E-state index >= 15 is 0 Å². The van der Waals surface area contributed by atoms with Gasteiger partial charge in [-0.2, -0.15) is 0 Å². The molecule has 128 valence electrons. The number of urea groups is 1.